The number of hydrogen-bond acceptors (Lipinski definition) is 7. The Morgan fingerprint density at radius 2 is 1.77 bits per heavy atom. The number of para-hydroxylation sites is 1. The molecule has 6 rings (SSSR count). The molecular weight excluding hydrogens is 576 g/mol. The number of rotatable bonds is 7. The van der Waals surface area contributed by atoms with E-state index in [0.717, 1.165) is 21.0 Å². The van der Waals surface area contributed by atoms with Crippen molar-refractivity contribution in [3.63, 3.8) is 0 Å². The molecule has 0 radical (unpaired) electrons. The Labute approximate surface area is 235 Å². The van der Waals surface area contributed by atoms with E-state index in [0.29, 0.717) is 28.0 Å². The molecule has 2 aromatic heterocycles. The van der Waals surface area contributed by atoms with Crippen molar-refractivity contribution >= 4 is 49.7 Å². The first kappa shape index (κ1) is 25.2. The van der Waals surface area contributed by atoms with E-state index in [1.807, 2.05) is 42.5 Å². The summed E-state index contributed by atoms with van der Waals surface area (Å²) in [4.78, 5) is 28.5. The lowest BCUT2D eigenvalue weighted by atomic mass is 10.2. The van der Waals surface area contributed by atoms with E-state index in [1.165, 1.54) is 16.8 Å². The van der Waals surface area contributed by atoms with Crippen molar-refractivity contribution in [2.75, 3.05) is 0 Å². The average molecular weight is 595 g/mol. The van der Waals surface area contributed by atoms with Crippen molar-refractivity contribution < 1.29 is 14.1 Å². The maximum Gasteiger partial charge on any atom is 0.282 e. The van der Waals surface area contributed by atoms with Crippen molar-refractivity contribution in [2.45, 2.75) is 6.61 Å². The number of fused-ring (bicyclic) bond motifs is 2. The lowest BCUT2D eigenvalue weighted by Crippen LogP contribution is -2.20. The van der Waals surface area contributed by atoms with Crippen LogP contribution in [0.4, 0.5) is 5.69 Å². The maximum absolute atomic E-state index is 13.4. The van der Waals surface area contributed by atoms with Gasteiger partial charge in [0.15, 0.2) is 5.76 Å². The molecule has 9 nitrogen and oxygen atoms in total. The van der Waals surface area contributed by atoms with Crippen LogP contribution >= 0.6 is 15.9 Å². The van der Waals surface area contributed by atoms with Gasteiger partial charge in [0.05, 0.1) is 22.0 Å². The standard InChI is InChI=1S/C30H19BrN4O5/c31-22-9-14-27-21(15-22)16-28(40-27)29-33-26-4-2-1-3-25(26)30(36)34(29)32-17-19-7-12-24(13-8-19)39-18-20-5-10-23(11-6-20)35(37)38/h1-17H,18H2. The fraction of sp³-hybridized carbons (Fsp3) is 0.0333. The zero-order valence-electron chi connectivity index (χ0n) is 20.7. The highest BCUT2D eigenvalue weighted by molar-refractivity contribution is 9.10. The molecule has 0 atom stereocenters. The summed E-state index contributed by atoms with van der Waals surface area (Å²) in [6, 6.07) is 28.0. The monoisotopic (exact) mass is 594 g/mol. The maximum atomic E-state index is 13.4. The Morgan fingerprint density at radius 3 is 2.55 bits per heavy atom. The van der Waals surface area contributed by atoms with Gasteiger partial charge in [0.1, 0.15) is 17.9 Å². The Kier molecular flexibility index (Phi) is 6.67. The van der Waals surface area contributed by atoms with Crippen LogP contribution in [0.25, 0.3) is 33.5 Å². The van der Waals surface area contributed by atoms with Crippen LogP contribution in [-0.4, -0.2) is 20.8 Å². The first-order valence-corrected chi connectivity index (χ1v) is 13.0. The second-order valence-electron chi connectivity index (χ2n) is 8.89. The van der Waals surface area contributed by atoms with Crippen molar-refractivity contribution in [1.29, 1.82) is 0 Å². The van der Waals surface area contributed by atoms with E-state index in [9.17, 15) is 14.9 Å². The number of halogens is 1. The molecule has 4 aromatic carbocycles. The van der Waals surface area contributed by atoms with E-state index in [-0.39, 0.29) is 23.7 Å². The van der Waals surface area contributed by atoms with Crippen LogP contribution in [0.3, 0.4) is 0 Å². The van der Waals surface area contributed by atoms with Crippen LogP contribution in [0.15, 0.2) is 116 Å². The minimum absolute atomic E-state index is 0.0321. The van der Waals surface area contributed by atoms with Gasteiger partial charge >= 0.3 is 0 Å². The van der Waals surface area contributed by atoms with E-state index in [1.54, 1.807) is 48.7 Å². The van der Waals surface area contributed by atoms with Gasteiger partial charge in [-0.1, -0.05) is 28.1 Å². The number of nitro groups is 1. The zero-order valence-corrected chi connectivity index (χ0v) is 22.3. The van der Waals surface area contributed by atoms with Gasteiger partial charge in [-0.3, -0.25) is 14.9 Å². The van der Waals surface area contributed by atoms with Crippen LogP contribution in [-0.2, 0) is 6.61 Å². The van der Waals surface area contributed by atoms with Crippen molar-refractivity contribution in [2.24, 2.45) is 5.10 Å². The first-order chi connectivity index (χ1) is 19.4. The van der Waals surface area contributed by atoms with Crippen molar-refractivity contribution in [3.05, 3.63) is 133 Å². The van der Waals surface area contributed by atoms with Crippen LogP contribution < -0.4 is 10.3 Å². The highest BCUT2D eigenvalue weighted by atomic mass is 79.9. The molecule has 40 heavy (non-hydrogen) atoms. The van der Waals surface area contributed by atoms with Crippen molar-refractivity contribution in [1.82, 2.24) is 9.66 Å². The summed E-state index contributed by atoms with van der Waals surface area (Å²) in [5, 5.41) is 16.6. The van der Waals surface area contributed by atoms with E-state index < -0.39 is 4.92 Å². The zero-order chi connectivity index (χ0) is 27.6. The van der Waals surface area contributed by atoms with E-state index in [4.69, 9.17) is 14.1 Å². The molecule has 0 unspecified atom stereocenters. The summed E-state index contributed by atoms with van der Waals surface area (Å²) in [7, 11) is 0. The first-order valence-electron chi connectivity index (χ1n) is 12.2. The average Bonchev–Trinajstić information content (AvgIpc) is 3.39. The molecule has 0 saturated carbocycles. The number of aromatic nitrogens is 2. The third-order valence-corrected chi connectivity index (χ3v) is 6.70. The van der Waals surface area contributed by atoms with Gasteiger partial charge < -0.3 is 9.15 Å². The molecular formula is C30H19BrN4O5. The van der Waals surface area contributed by atoms with Gasteiger partial charge in [-0.05, 0) is 83.9 Å². The van der Waals surface area contributed by atoms with E-state index in [2.05, 4.69) is 21.0 Å². The lowest BCUT2D eigenvalue weighted by Gasteiger charge is -2.08. The van der Waals surface area contributed by atoms with Gasteiger partial charge in [-0.25, -0.2) is 4.98 Å². The molecule has 0 saturated heterocycles. The normalized spacial score (nSPS) is 11.4. The number of hydrogen-bond donors (Lipinski definition) is 0. The molecule has 2 heterocycles. The largest absolute Gasteiger partial charge is 0.489 e. The number of nitro benzene ring substituents is 1. The summed E-state index contributed by atoms with van der Waals surface area (Å²) in [6.45, 7) is 0.265. The third-order valence-electron chi connectivity index (χ3n) is 6.21. The number of ether oxygens (including phenoxy) is 1. The quantitative estimate of drug-likeness (QED) is 0.112. The van der Waals surface area contributed by atoms with Gasteiger partial charge in [-0.15, -0.1) is 0 Å². The number of non-ortho nitro benzene ring substituents is 1. The molecule has 10 heteroatoms. The summed E-state index contributed by atoms with van der Waals surface area (Å²) >= 11 is 3.47. The fourth-order valence-electron chi connectivity index (χ4n) is 4.17. The van der Waals surface area contributed by atoms with Crippen LogP contribution in [0.2, 0.25) is 0 Å². The highest BCUT2D eigenvalue weighted by Gasteiger charge is 2.16. The van der Waals surface area contributed by atoms with Gasteiger partial charge in [0.25, 0.3) is 11.2 Å². The predicted molar refractivity (Wildman–Crippen MR) is 156 cm³/mol. The van der Waals surface area contributed by atoms with Crippen LogP contribution in [0.5, 0.6) is 5.75 Å². The molecule has 0 spiro atoms. The smallest absolute Gasteiger partial charge is 0.282 e. The second kappa shape index (κ2) is 10.6. The Balaban J connectivity index is 1.28. The topological polar surface area (TPSA) is 113 Å². The Bertz CT molecular complexity index is 1960. The molecule has 0 aliphatic carbocycles. The Morgan fingerprint density at radius 1 is 1.00 bits per heavy atom. The summed E-state index contributed by atoms with van der Waals surface area (Å²) in [6.07, 6.45) is 1.57. The number of nitrogens with zero attached hydrogens (tertiary/aromatic N) is 4. The predicted octanol–water partition coefficient (Wildman–Crippen LogP) is 6.94. The van der Waals surface area contributed by atoms with Crippen LogP contribution in [0, 0.1) is 10.1 Å². The molecule has 0 aliphatic rings. The summed E-state index contributed by atoms with van der Waals surface area (Å²) in [5.74, 6) is 1.33. The van der Waals surface area contributed by atoms with Gasteiger partial charge in [0.2, 0.25) is 5.82 Å². The molecule has 0 amide bonds. The van der Waals surface area contributed by atoms with Gasteiger partial charge in [0, 0.05) is 22.0 Å². The minimum atomic E-state index is -0.439. The molecule has 0 fully saturated rings. The Hall–Kier alpha value is -5.09. The molecule has 0 bridgehead atoms. The molecule has 0 aliphatic heterocycles. The SMILES string of the molecule is O=c1c2ccccc2nc(-c2cc3cc(Br)ccc3o2)n1N=Cc1ccc(OCc2ccc([N+](=O)[O-])cc2)cc1. The molecule has 0 N–H and O–H groups in total. The minimum Gasteiger partial charge on any atom is -0.489 e. The number of benzene rings is 4. The van der Waals surface area contributed by atoms with Gasteiger partial charge in [-0.2, -0.15) is 9.78 Å². The number of furan rings is 1. The molecule has 6 aromatic rings. The lowest BCUT2D eigenvalue weighted by molar-refractivity contribution is -0.384. The van der Waals surface area contributed by atoms with E-state index >= 15 is 0 Å². The van der Waals surface area contributed by atoms with Crippen LogP contribution in [0.1, 0.15) is 11.1 Å². The van der Waals surface area contributed by atoms with Crippen molar-refractivity contribution in [3.8, 4) is 17.3 Å². The highest BCUT2D eigenvalue weighted by Crippen LogP contribution is 2.29. The fourth-order valence-corrected chi connectivity index (χ4v) is 4.55. The summed E-state index contributed by atoms with van der Waals surface area (Å²) < 4.78 is 14.0. The third kappa shape index (κ3) is 5.12. The second-order valence-corrected chi connectivity index (χ2v) is 9.80. The summed E-state index contributed by atoms with van der Waals surface area (Å²) in [5.41, 5.74) is 2.48. The molecule has 196 valence electrons.